The minimum atomic E-state index is -0.463. The Hall–Kier alpha value is -0.960. The van der Waals surface area contributed by atoms with Gasteiger partial charge in [-0.25, -0.2) is 8.78 Å². The van der Waals surface area contributed by atoms with Crippen molar-refractivity contribution in [3.8, 4) is 0 Å². The second kappa shape index (κ2) is 6.47. The summed E-state index contributed by atoms with van der Waals surface area (Å²) in [4.78, 5) is 0. The van der Waals surface area contributed by atoms with E-state index in [9.17, 15) is 8.78 Å². The quantitative estimate of drug-likeness (QED) is 0.807. The van der Waals surface area contributed by atoms with E-state index in [0.717, 1.165) is 50.4 Å². The minimum absolute atomic E-state index is 0.102. The molecule has 1 fully saturated rings. The molecule has 1 aromatic carbocycles. The maximum absolute atomic E-state index is 13.5. The summed E-state index contributed by atoms with van der Waals surface area (Å²) in [6, 6.07) is 4.00. The Morgan fingerprint density at radius 3 is 2.11 bits per heavy atom. The Bertz CT molecular complexity index is 389. The van der Waals surface area contributed by atoms with Crippen molar-refractivity contribution in [3.05, 3.63) is 35.4 Å². The third kappa shape index (κ3) is 3.53. The average Bonchev–Trinajstić information content (AvgIpc) is 2.62. The van der Waals surface area contributed by atoms with Crippen molar-refractivity contribution < 1.29 is 8.78 Å². The van der Waals surface area contributed by atoms with E-state index < -0.39 is 11.6 Å². The zero-order chi connectivity index (χ0) is 13.7. The van der Waals surface area contributed by atoms with Crippen molar-refractivity contribution in [1.29, 1.82) is 0 Å². The summed E-state index contributed by atoms with van der Waals surface area (Å²) in [5, 5.41) is 3.38. The van der Waals surface area contributed by atoms with Crippen LogP contribution in [0, 0.1) is 11.6 Å². The van der Waals surface area contributed by atoms with Gasteiger partial charge in [-0.15, -0.1) is 0 Å². The number of hydrogen-bond donors (Lipinski definition) is 1. The van der Waals surface area contributed by atoms with Gasteiger partial charge in [0, 0.05) is 18.0 Å². The van der Waals surface area contributed by atoms with Gasteiger partial charge in [-0.1, -0.05) is 32.6 Å². The van der Waals surface area contributed by atoms with Crippen LogP contribution in [0.4, 0.5) is 8.78 Å². The van der Waals surface area contributed by atoms with E-state index in [0.29, 0.717) is 0 Å². The van der Waals surface area contributed by atoms with E-state index in [1.807, 2.05) is 0 Å². The molecule has 1 aromatic rings. The van der Waals surface area contributed by atoms with Gasteiger partial charge in [-0.3, -0.25) is 0 Å². The molecule has 0 saturated heterocycles. The van der Waals surface area contributed by atoms with Crippen LogP contribution in [0.15, 0.2) is 18.2 Å². The SMILES string of the molecule is CCNCC1(c2cc(F)cc(F)c2)CCCCCC1. The Morgan fingerprint density at radius 1 is 1.00 bits per heavy atom. The lowest BCUT2D eigenvalue weighted by atomic mass is 9.74. The Kier molecular flexibility index (Phi) is 4.92. The molecule has 2 rings (SSSR count). The fourth-order valence-electron chi connectivity index (χ4n) is 3.20. The molecule has 0 spiro atoms. The van der Waals surface area contributed by atoms with Crippen molar-refractivity contribution in [3.63, 3.8) is 0 Å². The number of hydrogen-bond acceptors (Lipinski definition) is 1. The van der Waals surface area contributed by atoms with Crippen molar-refractivity contribution >= 4 is 0 Å². The Morgan fingerprint density at radius 2 is 1.58 bits per heavy atom. The fraction of sp³-hybridized carbons (Fsp3) is 0.625. The first-order valence-corrected chi connectivity index (χ1v) is 7.33. The highest BCUT2D eigenvalue weighted by molar-refractivity contribution is 5.28. The summed E-state index contributed by atoms with van der Waals surface area (Å²) < 4.78 is 27.0. The molecule has 1 aliphatic rings. The molecule has 0 heterocycles. The van der Waals surface area contributed by atoms with E-state index >= 15 is 0 Å². The third-order valence-corrected chi connectivity index (χ3v) is 4.25. The van der Waals surface area contributed by atoms with Gasteiger partial charge in [0.25, 0.3) is 0 Å². The molecule has 0 aliphatic heterocycles. The summed E-state index contributed by atoms with van der Waals surface area (Å²) in [6.45, 7) is 3.77. The molecule has 0 aromatic heterocycles. The molecular weight excluding hydrogens is 244 g/mol. The summed E-state index contributed by atoms with van der Waals surface area (Å²) >= 11 is 0. The maximum atomic E-state index is 13.5. The smallest absolute Gasteiger partial charge is 0.126 e. The fourth-order valence-corrected chi connectivity index (χ4v) is 3.20. The molecule has 1 N–H and O–H groups in total. The standard InChI is InChI=1S/C16H23F2N/c1-2-19-12-16(7-5-3-4-6-8-16)13-9-14(17)11-15(18)10-13/h9-11,19H,2-8,12H2,1H3. The molecule has 1 nitrogen and oxygen atoms in total. The number of rotatable bonds is 4. The second-order valence-corrected chi connectivity index (χ2v) is 5.63. The molecule has 1 saturated carbocycles. The van der Waals surface area contributed by atoms with Crippen LogP contribution < -0.4 is 5.32 Å². The van der Waals surface area contributed by atoms with Crippen LogP contribution in [-0.2, 0) is 5.41 Å². The van der Waals surface area contributed by atoms with Crippen molar-refractivity contribution in [2.75, 3.05) is 13.1 Å². The van der Waals surface area contributed by atoms with Crippen LogP contribution in [0.25, 0.3) is 0 Å². The molecule has 0 radical (unpaired) electrons. The zero-order valence-corrected chi connectivity index (χ0v) is 11.6. The van der Waals surface area contributed by atoms with Gasteiger partial charge in [0.2, 0.25) is 0 Å². The topological polar surface area (TPSA) is 12.0 Å². The van der Waals surface area contributed by atoms with Gasteiger partial charge in [0.1, 0.15) is 11.6 Å². The molecule has 19 heavy (non-hydrogen) atoms. The van der Waals surface area contributed by atoms with Crippen LogP contribution in [0.2, 0.25) is 0 Å². The van der Waals surface area contributed by atoms with Crippen LogP contribution in [-0.4, -0.2) is 13.1 Å². The summed E-state index contributed by atoms with van der Waals surface area (Å²) in [5.41, 5.74) is 0.725. The van der Waals surface area contributed by atoms with Gasteiger partial charge in [0.05, 0.1) is 0 Å². The zero-order valence-electron chi connectivity index (χ0n) is 11.6. The van der Waals surface area contributed by atoms with Crippen LogP contribution in [0.5, 0.6) is 0 Å². The molecule has 0 bridgehead atoms. The van der Waals surface area contributed by atoms with E-state index in [1.165, 1.54) is 25.0 Å². The van der Waals surface area contributed by atoms with Crippen LogP contribution in [0.3, 0.4) is 0 Å². The first-order valence-electron chi connectivity index (χ1n) is 7.33. The number of likely N-dealkylation sites (N-methyl/N-ethyl adjacent to an activating group) is 1. The predicted octanol–water partition coefficient (Wildman–Crippen LogP) is 4.17. The Balaban J connectivity index is 2.34. The normalized spacial score (nSPS) is 19.1. The summed E-state index contributed by atoms with van der Waals surface area (Å²) in [5.74, 6) is -0.926. The van der Waals surface area contributed by atoms with Crippen molar-refractivity contribution in [2.45, 2.75) is 50.9 Å². The molecule has 106 valence electrons. The van der Waals surface area contributed by atoms with Gasteiger partial charge < -0.3 is 5.32 Å². The highest BCUT2D eigenvalue weighted by Gasteiger charge is 2.33. The lowest BCUT2D eigenvalue weighted by molar-refractivity contribution is 0.347. The molecule has 3 heteroatoms. The lowest BCUT2D eigenvalue weighted by Gasteiger charge is -2.34. The predicted molar refractivity (Wildman–Crippen MR) is 74.3 cm³/mol. The monoisotopic (exact) mass is 267 g/mol. The van der Waals surface area contributed by atoms with Gasteiger partial charge in [-0.2, -0.15) is 0 Å². The van der Waals surface area contributed by atoms with Crippen molar-refractivity contribution in [1.82, 2.24) is 5.32 Å². The first kappa shape index (κ1) is 14.4. The number of halogens is 2. The average molecular weight is 267 g/mol. The lowest BCUT2D eigenvalue weighted by Crippen LogP contribution is -2.38. The molecular formula is C16H23F2N. The van der Waals surface area contributed by atoms with Crippen LogP contribution in [0.1, 0.15) is 51.0 Å². The highest BCUT2D eigenvalue weighted by atomic mass is 19.1. The molecule has 0 atom stereocenters. The minimum Gasteiger partial charge on any atom is -0.316 e. The van der Waals surface area contributed by atoms with Crippen LogP contribution >= 0.6 is 0 Å². The first-order chi connectivity index (χ1) is 9.16. The van der Waals surface area contributed by atoms with E-state index in [-0.39, 0.29) is 5.41 Å². The maximum Gasteiger partial charge on any atom is 0.126 e. The van der Waals surface area contributed by atoms with E-state index in [2.05, 4.69) is 12.2 Å². The third-order valence-electron chi connectivity index (χ3n) is 4.25. The molecule has 0 amide bonds. The highest BCUT2D eigenvalue weighted by Crippen LogP contribution is 2.38. The number of nitrogens with one attached hydrogen (secondary N) is 1. The largest absolute Gasteiger partial charge is 0.316 e. The van der Waals surface area contributed by atoms with Gasteiger partial charge in [-0.05, 0) is 37.1 Å². The summed E-state index contributed by atoms with van der Waals surface area (Å²) in [6.07, 6.45) is 6.77. The van der Waals surface area contributed by atoms with E-state index in [1.54, 1.807) is 0 Å². The second-order valence-electron chi connectivity index (χ2n) is 5.63. The van der Waals surface area contributed by atoms with Gasteiger partial charge >= 0.3 is 0 Å². The molecule has 1 aliphatic carbocycles. The number of benzene rings is 1. The van der Waals surface area contributed by atoms with Gasteiger partial charge in [0.15, 0.2) is 0 Å². The van der Waals surface area contributed by atoms with E-state index in [4.69, 9.17) is 0 Å². The molecule has 0 unspecified atom stereocenters. The summed E-state index contributed by atoms with van der Waals surface area (Å²) in [7, 11) is 0. The van der Waals surface area contributed by atoms with Crippen molar-refractivity contribution in [2.24, 2.45) is 0 Å². The Labute approximate surface area is 114 Å².